The summed E-state index contributed by atoms with van der Waals surface area (Å²) >= 11 is 0. The minimum absolute atomic E-state index is 0.0713. The summed E-state index contributed by atoms with van der Waals surface area (Å²) in [5.41, 5.74) is 3.26. The molecule has 2 aromatic rings. The summed E-state index contributed by atoms with van der Waals surface area (Å²) in [6, 6.07) is 5.78. The van der Waals surface area contributed by atoms with Crippen LogP contribution in [0.4, 0.5) is 5.69 Å². The van der Waals surface area contributed by atoms with E-state index in [0.717, 1.165) is 56.0 Å². The van der Waals surface area contributed by atoms with E-state index in [0.29, 0.717) is 17.7 Å². The van der Waals surface area contributed by atoms with E-state index in [1.807, 2.05) is 0 Å². The highest BCUT2D eigenvalue weighted by atomic mass is 16.2. The van der Waals surface area contributed by atoms with Crippen LogP contribution in [-0.2, 0) is 11.3 Å². The maximum Gasteiger partial charge on any atom is 0.249 e. The largest absolute Gasteiger partial charge is 0.324 e. The molecule has 8 heteroatoms. The summed E-state index contributed by atoms with van der Waals surface area (Å²) in [4.78, 5) is 20.2. The number of nitrogens with one attached hydrogen (secondary N) is 1. The standard InChI is InChI=1S/C32H55N7O/c1-7-8-9-10-11-12-13-14-15-16-20-39-35-31(34-36-39)30(38-23-21-37(6)22-24-38)32(40)33-29-27(25(2)3)18-17-19-28(29)26(4)5/h17-19,25-26,30H,7-16,20-24H2,1-6H3,(H,33,40). The van der Waals surface area contributed by atoms with Gasteiger partial charge in [0.25, 0.3) is 0 Å². The summed E-state index contributed by atoms with van der Waals surface area (Å²) in [5, 5.41) is 16.9. The van der Waals surface area contributed by atoms with Crippen LogP contribution in [-0.4, -0.2) is 69.1 Å². The van der Waals surface area contributed by atoms with Crippen LogP contribution in [0, 0.1) is 0 Å². The fraction of sp³-hybridized carbons (Fsp3) is 0.750. The molecular weight excluding hydrogens is 498 g/mol. The molecule has 1 aromatic heterocycles. The predicted molar refractivity (Wildman–Crippen MR) is 165 cm³/mol. The molecule has 8 nitrogen and oxygen atoms in total. The van der Waals surface area contributed by atoms with E-state index in [-0.39, 0.29) is 5.91 Å². The van der Waals surface area contributed by atoms with Crippen molar-refractivity contribution in [3.8, 4) is 0 Å². The molecule has 0 radical (unpaired) electrons. The maximum atomic E-state index is 14.0. The third-order valence-electron chi connectivity index (χ3n) is 8.20. The van der Waals surface area contributed by atoms with Gasteiger partial charge in [-0.05, 0) is 41.6 Å². The number of nitrogens with zero attached hydrogens (tertiary/aromatic N) is 6. The zero-order chi connectivity index (χ0) is 28.9. The summed E-state index contributed by atoms with van der Waals surface area (Å²) in [6.07, 6.45) is 12.9. The van der Waals surface area contributed by atoms with Gasteiger partial charge in [-0.15, -0.1) is 10.2 Å². The third kappa shape index (κ3) is 9.65. The number of piperazine rings is 1. The highest BCUT2D eigenvalue weighted by Gasteiger charge is 2.34. The van der Waals surface area contributed by atoms with Gasteiger partial charge in [0.1, 0.15) is 0 Å². The lowest BCUT2D eigenvalue weighted by atomic mass is 9.92. The first-order valence-corrected chi connectivity index (χ1v) is 16.0. The first-order chi connectivity index (χ1) is 19.3. The molecule has 3 rings (SSSR count). The Bertz CT molecular complexity index is 984. The lowest BCUT2D eigenvalue weighted by Crippen LogP contribution is -2.49. The van der Waals surface area contributed by atoms with E-state index in [4.69, 9.17) is 5.10 Å². The fourth-order valence-electron chi connectivity index (χ4n) is 5.61. The van der Waals surface area contributed by atoms with E-state index in [1.54, 1.807) is 4.80 Å². The Balaban J connectivity index is 1.65. The molecular formula is C32H55N7O. The van der Waals surface area contributed by atoms with E-state index < -0.39 is 6.04 Å². The van der Waals surface area contributed by atoms with Gasteiger partial charge >= 0.3 is 0 Å². The van der Waals surface area contributed by atoms with Crippen molar-refractivity contribution in [2.45, 2.75) is 123 Å². The topological polar surface area (TPSA) is 79.2 Å². The van der Waals surface area contributed by atoms with Crippen LogP contribution >= 0.6 is 0 Å². The quantitative estimate of drug-likeness (QED) is 0.218. The molecule has 1 unspecified atom stereocenters. The van der Waals surface area contributed by atoms with Crippen LogP contribution in [0.3, 0.4) is 0 Å². The summed E-state index contributed by atoms with van der Waals surface area (Å²) in [5.74, 6) is 1.03. The molecule has 0 aliphatic carbocycles. The average Bonchev–Trinajstić information content (AvgIpc) is 3.39. The van der Waals surface area contributed by atoms with E-state index in [2.05, 4.69) is 85.3 Å². The van der Waals surface area contributed by atoms with Gasteiger partial charge in [-0.2, -0.15) is 4.80 Å². The van der Waals surface area contributed by atoms with Gasteiger partial charge in [0.05, 0.1) is 6.54 Å². The molecule has 1 saturated heterocycles. The van der Waals surface area contributed by atoms with Crippen molar-refractivity contribution >= 4 is 11.6 Å². The first-order valence-electron chi connectivity index (χ1n) is 16.0. The highest BCUT2D eigenvalue weighted by molar-refractivity contribution is 5.96. The zero-order valence-electron chi connectivity index (χ0n) is 26.2. The number of benzene rings is 1. The van der Waals surface area contributed by atoms with Crippen molar-refractivity contribution < 1.29 is 4.79 Å². The van der Waals surface area contributed by atoms with Crippen LogP contribution in [0.25, 0.3) is 0 Å². The molecule has 40 heavy (non-hydrogen) atoms. The Morgan fingerprint density at radius 2 is 1.40 bits per heavy atom. The van der Waals surface area contributed by atoms with Gasteiger partial charge < -0.3 is 10.2 Å². The number of hydrogen-bond donors (Lipinski definition) is 1. The highest BCUT2D eigenvalue weighted by Crippen LogP contribution is 2.33. The number of tetrazole rings is 1. The van der Waals surface area contributed by atoms with Gasteiger partial charge in [-0.1, -0.05) is 111 Å². The Morgan fingerprint density at radius 1 is 0.850 bits per heavy atom. The number of aryl methyl sites for hydroxylation is 1. The van der Waals surface area contributed by atoms with Crippen LogP contribution in [0.1, 0.15) is 134 Å². The Hall–Kier alpha value is -2.32. The number of amides is 1. The molecule has 0 saturated carbocycles. The van der Waals surface area contributed by atoms with E-state index in [9.17, 15) is 4.79 Å². The summed E-state index contributed by atoms with van der Waals surface area (Å²) in [6.45, 7) is 15.1. The van der Waals surface area contributed by atoms with Crippen molar-refractivity contribution in [1.82, 2.24) is 30.0 Å². The van der Waals surface area contributed by atoms with Gasteiger partial charge in [0.2, 0.25) is 11.7 Å². The molecule has 1 aliphatic rings. The molecule has 224 valence electrons. The van der Waals surface area contributed by atoms with Crippen molar-refractivity contribution in [1.29, 1.82) is 0 Å². The van der Waals surface area contributed by atoms with Gasteiger partial charge in [-0.3, -0.25) is 9.69 Å². The lowest BCUT2D eigenvalue weighted by Gasteiger charge is -2.36. The Kier molecular flexibility index (Phi) is 13.5. The van der Waals surface area contributed by atoms with Crippen LogP contribution in [0.2, 0.25) is 0 Å². The number of anilines is 1. The smallest absolute Gasteiger partial charge is 0.249 e. The SMILES string of the molecule is CCCCCCCCCCCCn1nnc(C(C(=O)Nc2c(C(C)C)cccc2C(C)C)N2CCN(C)CC2)n1. The second kappa shape index (κ2) is 16.8. The monoisotopic (exact) mass is 553 g/mol. The molecule has 1 fully saturated rings. The van der Waals surface area contributed by atoms with Crippen molar-refractivity contribution in [2.75, 3.05) is 38.5 Å². The molecule has 1 atom stereocenters. The van der Waals surface area contributed by atoms with Gasteiger partial charge in [0, 0.05) is 31.9 Å². The lowest BCUT2D eigenvalue weighted by molar-refractivity contribution is -0.122. The van der Waals surface area contributed by atoms with Crippen LogP contribution in [0.15, 0.2) is 18.2 Å². The summed E-state index contributed by atoms with van der Waals surface area (Å²) < 4.78 is 0. The van der Waals surface area contributed by atoms with Gasteiger partial charge in [-0.25, -0.2) is 0 Å². The van der Waals surface area contributed by atoms with E-state index in [1.165, 1.54) is 57.8 Å². The van der Waals surface area contributed by atoms with Crippen molar-refractivity contribution in [3.63, 3.8) is 0 Å². The van der Waals surface area contributed by atoms with Crippen molar-refractivity contribution in [3.05, 3.63) is 35.2 Å². The number of unbranched alkanes of at least 4 members (excludes halogenated alkanes) is 9. The van der Waals surface area contributed by atoms with E-state index >= 15 is 0 Å². The first kappa shape index (κ1) is 32.2. The second-order valence-electron chi connectivity index (χ2n) is 12.3. The molecule has 1 aliphatic heterocycles. The minimum Gasteiger partial charge on any atom is -0.324 e. The number of para-hydroxylation sites is 1. The molecule has 1 N–H and O–H groups in total. The van der Waals surface area contributed by atoms with Crippen molar-refractivity contribution in [2.24, 2.45) is 0 Å². The van der Waals surface area contributed by atoms with Gasteiger partial charge in [0.15, 0.2) is 6.04 Å². The van der Waals surface area contributed by atoms with Crippen LogP contribution in [0.5, 0.6) is 0 Å². The number of carbonyl (C=O) groups is 1. The fourth-order valence-corrected chi connectivity index (χ4v) is 5.61. The molecule has 0 spiro atoms. The number of aromatic nitrogens is 4. The second-order valence-corrected chi connectivity index (χ2v) is 12.3. The predicted octanol–water partition coefficient (Wildman–Crippen LogP) is 6.77. The molecule has 1 amide bonds. The zero-order valence-corrected chi connectivity index (χ0v) is 26.2. The Morgan fingerprint density at radius 3 is 1.95 bits per heavy atom. The number of likely N-dealkylation sites (N-methyl/N-ethyl adjacent to an activating group) is 1. The number of rotatable bonds is 17. The third-order valence-corrected chi connectivity index (χ3v) is 8.20. The number of carbonyl (C=O) groups excluding carboxylic acids is 1. The normalized spacial score (nSPS) is 15.7. The minimum atomic E-state index is -0.560. The maximum absolute atomic E-state index is 14.0. The molecule has 0 bridgehead atoms. The van der Waals surface area contributed by atoms with Crippen LogP contribution < -0.4 is 5.32 Å². The molecule has 2 heterocycles. The Labute approximate surface area is 243 Å². The summed E-state index contributed by atoms with van der Waals surface area (Å²) in [7, 11) is 2.13. The number of hydrogen-bond acceptors (Lipinski definition) is 6. The average molecular weight is 554 g/mol. The molecule has 1 aromatic carbocycles.